The number of nitrogens with zero attached hydrogens (tertiary/aromatic N) is 2. The molecule has 0 saturated heterocycles. The van der Waals surface area contributed by atoms with Crippen molar-refractivity contribution in [1.29, 1.82) is 0 Å². The summed E-state index contributed by atoms with van der Waals surface area (Å²) in [6.45, 7) is 1.93. The number of likely N-dealkylation sites (N-methyl/N-ethyl adjacent to an activating group) is 1. The van der Waals surface area contributed by atoms with Crippen molar-refractivity contribution in [1.82, 2.24) is 9.88 Å². The number of carbonyl (C=O) groups is 1. The number of para-hydroxylation sites is 1. The number of hydrogen-bond acceptors (Lipinski definition) is 4. The van der Waals surface area contributed by atoms with E-state index in [4.69, 9.17) is 0 Å². The van der Waals surface area contributed by atoms with Crippen molar-refractivity contribution in [3.05, 3.63) is 40.9 Å². The monoisotopic (exact) mass is 288 g/mol. The smallest absolute Gasteiger partial charge is 0.308 e. The molecule has 2 amide bonds. The first-order valence-corrected chi connectivity index (χ1v) is 7.32. The second kappa shape index (κ2) is 5.60. The third-order valence-electron chi connectivity index (χ3n) is 3.17. The van der Waals surface area contributed by atoms with Crippen LogP contribution in [0.1, 0.15) is 10.6 Å². The molecule has 20 heavy (non-hydrogen) atoms. The van der Waals surface area contributed by atoms with Crippen LogP contribution in [-0.4, -0.2) is 29.5 Å². The van der Waals surface area contributed by atoms with E-state index in [0.717, 1.165) is 30.9 Å². The number of aromatic nitrogens is 1. The first-order chi connectivity index (χ1) is 9.70. The molecule has 5 nitrogen and oxygen atoms in total. The first kappa shape index (κ1) is 13.1. The van der Waals surface area contributed by atoms with Crippen LogP contribution in [0.5, 0.6) is 0 Å². The van der Waals surface area contributed by atoms with E-state index in [1.807, 2.05) is 30.3 Å². The molecule has 0 bridgehead atoms. The third-order valence-corrected chi connectivity index (χ3v) is 4.17. The van der Waals surface area contributed by atoms with E-state index in [2.05, 4.69) is 27.6 Å². The molecule has 0 spiro atoms. The molecule has 0 atom stereocenters. The first-order valence-electron chi connectivity index (χ1n) is 6.51. The molecular formula is C14H16N4OS. The van der Waals surface area contributed by atoms with Gasteiger partial charge in [0.05, 0.1) is 5.69 Å². The predicted molar refractivity (Wildman–Crippen MR) is 81.2 cm³/mol. The number of rotatable bonds is 2. The number of amides is 2. The topological polar surface area (TPSA) is 57.3 Å². The van der Waals surface area contributed by atoms with Crippen molar-refractivity contribution < 1.29 is 4.79 Å². The van der Waals surface area contributed by atoms with Crippen LogP contribution in [-0.2, 0) is 13.0 Å². The van der Waals surface area contributed by atoms with Gasteiger partial charge in [0.15, 0.2) is 5.13 Å². The van der Waals surface area contributed by atoms with Crippen LogP contribution in [0.2, 0.25) is 0 Å². The van der Waals surface area contributed by atoms with Crippen molar-refractivity contribution in [2.75, 3.05) is 24.2 Å². The second-order valence-electron chi connectivity index (χ2n) is 4.82. The molecule has 0 fully saturated rings. The zero-order valence-electron chi connectivity index (χ0n) is 11.2. The maximum absolute atomic E-state index is 11.9. The van der Waals surface area contributed by atoms with Gasteiger partial charge in [-0.2, -0.15) is 0 Å². The molecule has 0 aliphatic carbocycles. The lowest BCUT2D eigenvalue weighted by molar-refractivity contribution is 0.262. The minimum atomic E-state index is -0.254. The number of anilines is 2. The lowest BCUT2D eigenvalue weighted by atomic mass is 10.2. The summed E-state index contributed by atoms with van der Waals surface area (Å²) in [7, 11) is 2.10. The Morgan fingerprint density at radius 2 is 2.10 bits per heavy atom. The Balaban J connectivity index is 1.65. The van der Waals surface area contributed by atoms with Crippen LogP contribution in [0.4, 0.5) is 15.6 Å². The highest BCUT2D eigenvalue weighted by Gasteiger charge is 2.18. The Labute approximate surface area is 121 Å². The number of nitrogens with one attached hydrogen (secondary N) is 2. The molecular weight excluding hydrogens is 272 g/mol. The summed E-state index contributed by atoms with van der Waals surface area (Å²) in [5.41, 5.74) is 1.88. The van der Waals surface area contributed by atoms with Crippen LogP contribution >= 0.6 is 11.3 Å². The molecule has 6 heteroatoms. The van der Waals surface area contributed by atoms with Gasteiger partial charge in [0.1, 0.15) is 0 Å². The number of urea groups is 1. The largest absolute Gasteiger partial charge is 0.325 e. The number of thiazole rings is 1. The molecule has 0 saturated carbocycles. The van der Waals surface area contributed by atoms with Gasteiger partial charge in [-0.3, -0.25) is 5.32 Å². The Kier molecular flexibility index (Phi) is 3.66. The Hall–Kier alpha value is -1.92. The number of fused-ring (bicyclic) bond motifs is 1. The van der Waals surface area contributed by atoms with Gasteiger partial charge in [-0.15, -0.1) is 11.3 Å². The van der Waals surface area contributed by atoms with Crippen molar-refractivity contribution in [2.24, 2.45) is 0 Å². The normalized spacial score (nSPS) is 14.7. The lowest BCUT2D eigenvalue weighted by Crippen LogP contribution is -2.25. The van der Waals surface area contributed by atoms with E-state index in [1.165, 1.54) is 4.88 Å². The van der Waals surface area contributed by atoms with Crippen LogP contribution in [0.3, 0.4) is 0 Å². The number of carbonyl (C=O) groups excluding carboxylic acids is 1. The summed E-state index contributed by atoms with van der Waals surface area (Å²) in [5.74, 6) is 0. The molecule has 2 aromatic rings. The highest BCUT2D eigenvalue weighted by Crippen LogP contribution is 2.27. The average Bonchev–Trinajstić information content (AvgIpc) is 2.80. The van der Waals surface area contributed by atoms with Gasteiger partial charge in [0, 0.05) is 30.1 Å². The summed E-state index contributed by atoms with van der Waals surface area (Å²) < 4.78 is 0. The second-order valence-corrected chi connectivity index (χ2v) is 5.91. The van der Waals surface area contributed by atoms with Crippen molar-refractivity contribution in [2.45, 2.75) is 13.0 Å². The minimum Gasteiger partial charge on any atom is -0.308 e. The van der Waals surface area contributed by atoms with E-state index >= 15 is 0 Å². The number of hydrogen-bond donors (Lipinski definition) is 2. The van der Waals surface area contributed by atoms with Crippen LogP contribution in [0.25, 0.3) is 0 Å². The minimum absolute atomic E-state index is 0.254. The molecule has 0 radical (unpaired) electrons. The van der Waals surface area contributed by atoms with E-state index in [1.54, 1.807) is 11.3 Å². The average molecular weight is 288 g/mol. The van der Waals surface area contributed by atoms with Gasteiger partial charge in [0.25, 0.3) is 0 Å². The van der Waals surface area contributed by atoms with Gasteiger partial charge < -0.3 is 10.2 Å². The van der Waals surface area contributed by atoms with Gasteiger partial charge in [0.2, 0.25) is 0 Å². The highest BCUT2D eigenvalue weighted by molar-refractivity contribution is 7.15. The quantitative estimate of drug-likeness (QED) is 0.893. The van der Waals surface area contributed by atoms with Gasteiger partial charge in [-0.1, -0.05) is 18.2 Å². The SMILES string of the molecule is CN1CCc2nc(NC(=O)Nc3ccccc3)sc2C1. The molecule has 2 N–H and O–H groups in total. The van der Waals surface area contributed by atoms with Crippen molar-refractivity contribution in [3.63, 3.8) is 0 Å². The van der Waals surface area contributed by atoms with E-state index in [9.17, 15) is 4.79 Å². The van der Waals surface area contributed by atoms with Gasteiger partial charge in [-0.25, -0.2) is 9.78 Å². The molecule has 2 heterocycles. The summed E-state index contributed by atoms with van der Waals surface area (Å²) in [6.07, 6.45) is 0.949. The molecule has 1 aliphatic rings. The van der Waals surface area contributed by atoms with E-state index in [0.29, 0.717) is 5.13 Å². The summed E-state index contributed by atoms with van der Waals surface area (Å²) in [6, 6.07) is 9.12. The maximum Gasteiger partial charge on any atom is 0.325 e. The molecule has 0 unspecified atom stereocenters. The van der Waals surface area contributed by atoms with Crippen LogP contribution in [0, 0.1) is 0 Å². The molecule has 104 valence electrons. The zero-order chi connectivity index (χ0) is 13.9. The van der Waals surface area contributed by atoms with Crippen molar-refractivity contribution >= 4 is 28.2 Å². The Bertz CT molecular complexity index is 611. The Morgan fingerprint density at radius 1 is 1.30 bits per heavy atom. The fraction of sp³-hybridized carbons (Fsp3) is 0.286. The summed E-state index contributed by atoms with van der Waals surface area (Å²) >= 11 is 1.55. The van der Waals surface area contributed by atoms with E-state index < -0.39 is 0 Å². The zero-order valence-corrected chi connectivity index (χ0v) is 12.0. The van der Waals surface area contributed by atoms with Crippen LogP contribution < -0.4 is 10.6 Å². The van der Waals surface area contributed by atoms with Crippen molar-refractivity contribution in [3.8, 4) is 0 Å². The summed E-state index contributed by atoms with van der Waals surface area (Å²) in [4.78, 5) is 19.9. The third kappa shape index (κ3) is 2.97. The number of benzene rings is 1. The fourth-order valence-corrected chi connectivity index (χ4v) is 3.24. The predicted octanol–water partition coefficient (Wildman–Crippen LogP) is 2.78. The molecule has 1 aliphatic heterocycles. The maximum atomic E-state index is 11.9. The molecule has 1 aromatic heterocycles. The fourth-order valence-electron chi connectivity index (χ4n) is 2.16. The van der Waals surface area contributed by atoms with Gasteiger partial charge >= 0.3 is 6.03 Å². The standard InChI is InChI=1S/C14H16N4OS/c1-18-8-7-11-12(9-18)20-14(16-11)17-13(19)15-10-5-3-2-4-6-10/h2-6H,7-9H2,1H3,(H2,15,16,17,19). The summed E-state index contributed by atoms with van der Waals surface area (Å²) in [5, 5.41) is 6.25. The highest BCUT2D eigenvalue weighted by atomic mass is 32.1. The molecule has 3 rings (SSSR count). The van der Waals surface area contributed by atoms with Crippen LogP contribution in [0.15, 0.2) is 30.3 Å². The van der Waals surface area contributed by atoms with Gasteiger partial charge in [-0.05, 0) is 19.2 Å². The Morgan fingerprint density at radius 3 is 2.90 bits per heavy atom. The van der Waals surface area contributed by atoms with E-state index in [-0.39, 0.29) is 6.03 Å². The lowest BCUT2D eigenvalue weighted by Gasteiger charge is -2.20. The molecule has 1 aromatic carbocycles.